The van der Waals surface area contributed by atoms with E-state index in [9.17, 15) is 4.79 Å². The van der Waals surface area contributed by atoms with Gasteiger partial charge in [-0.15, -0.1) is 0 Å². The van der Waals surface area contributed by atoms with Crippen LogP contribution in [0.1, 0.15) is 43.0 Å². The number of carbonyl (C=O) groups excluding carboxylic acids is 1. The van der Waals surface area contributed by atoms with Crippen LogP contribution in [0, 0.1) is 18.8 Å². The van der Waals surface area contributed by atoms with Gasteiger partial charge in [0.15, 0.2) is 0 Å². The molecule has 3 rings (SSSR count). The van der Waals surface area contributed by atoms with Crippen LogP contribution in [0.15, 0.2) is 65.2 Å². The number of nitrogens with two attached hydrogens (primary N) is 1. The number of benzene rings is 2. The molecule has 2 unspecified atom stereocenters. The highest BCUT2D eigenvalue weighted by atomic mass is 35.5. The Morgan fingerprint density at radius 2 is 1.75 bits per heavy atom. The van der Waals surface area contributed by atoms with E-state index in [0.717, 1.165) is 34.4 Å². The first kappa shape index (κ1) is 20.5. The molecule has 0 saturated heterocycles. The lowest BCUT2D eigenvalue weighted by Gasteiger charge is -2.33. The van der Waals surface area contributed by atoms with Gasteiger partial charge < -0.3 is 5.73 Å². The van der Waals surface area contributed by atoms with E-state index in [1.54, 1.807) is 0 Å². The van der Waals surface area contributed by atoms with Crippen molar-refractivity contribution >= 4 is 28.1 Å². The van der Waals surface area contributed by atoms with Gasteiger partial charge in [0.05, 0.1) is 12.0 Å². The highest BCUT2D eigenvalue weighted by Crippen LogP contribution is 2.44. The fourth-order valence-corrected chi connectivity index (χ4v) is 4.08. The van der Waals surface area contributed by atoms with Crippen molar-refractivity contribution in [3.63, 3.8) is 0 Å². The zero-order valence-corrected chi connectivity index (χ0v) is 17.4. The minimum Gasteiger partial charge on any atom is -0.326 e. The maximum absolute atomic E-state index is 12.6. The average molecular weight is 395 g/mol. The standard InChI is InChI=1S/C24H27ClN2O/c1-15(2)13-20-19(14-26)21(17-11-9-16(3)10-12-17)22(24(25)28)23(27-20)18-7-5-4-6-8-18/h4-12,15,22-23H,13-14,26H2,1-3H3. The van der Waals surface area contributed by atoms with Crippen LogP contribution >= 0.6 is 11.6 Å². The number of nitrogens with zero attached hydrogens (tertiary/aromatic N) is 1. The van der Waals surface area contributed by atoms with Crippen molar-refractivity contribution in [2.45, 2.75) is 33.2 Å². The van der Waals surface area contributed by atoms with E-state index in [1.165, 1.54) is 5.56 Å². The van der Waals surface area contributed by atoms with E-state index < -0.39 is 11.2 Å². The Hall–Kier alpha value is -2.23. The van der Waals surface area contributed by atoms with Gasteiger partial charge in [-0.2, -0.15) is 0 Å². The molecule has 0 fully saturated rings. The Morgan fingerprint density at radius 3 is 2.29 bits per heavy atom. The van der Waals surface area contributed by atoms with Gasteiger partial charge in [0.2, 0.25) is 5.24 Å². The van der Waals surface area contributed by atoms with Gasteiger partial charge >= 0.3 is 0 Å². The zero-order valence-electron chi connectivity index (χ0n) is 16.7. The van der Waals surface area contributed by atoms with Crippen LogP contribution in [0.3, 0.4) is 0 Å². The summed E-state index contributed by atoms with van der Waals surface area (Å²) in [5, 5.41) is -0.400. The minimum atomic E-state index is -0.554. The highest BCUT2D eigenvalue weighted by Gasteiger charge is 2.38. The molecule has 28 heavy (non-hydrogen) atoms. The number of aryl methyl sites for hydroxylation is 1. The van der Waals surface area contributed by atoms with Crippen molar-refractivity contribution in [1.29, 1.82) is 0 Å². The van der Waals surface area contributed by atoms with Gasteiger partial charge in [-0.05, 0) is 53.1 Å². The molecule has 1 heterocycles. The van der Waals surface area contributed by atoms with Crippen molar-refractivity contribution in [3.8, 4) is 0 Å². The highest BCUT2D eigenvalue weighted by molar-refractivity contribution is 6.65. The second-order valence-electron chi connectivity index (χ2n) is 7.77. The molecule has 0 radical (unpaired) electrons. The van der Waals surface area contributed by atoms with E-state index in [-0.39, 0.29) is 6.04 Å². The minimum absolute atomic E-state index is 0.330. The Balaban J connectivity index is 2.24. The Kier molecular flexibility index (Phi) is 6.48. The first-order valence-corrected chi connectivity index (χ1v) is 10.1. The summed E-state index contributed by atoms with van der Waals surface area (Å²) in [5.41, 5.74) is 12.2. The molecule has 0 bridgehead atoms. The molecule has 2 N–H and O–H groups in total. The molecule has 0 spiro atoms. The summed E-state index contributed by atoms with van der Waals surface area (Å²) in [4.78, 5) is 17.7. The monoisotopic (exact) mass is 394 g/mol. The zero-order chi connectivity index (χ0) is 20.3. The lowest BCUT2D eigenvalue weighted by molar-refractivity contribution is -0.114. The number of rotatable bonds is 6. The molecular formula is C24H27ClN2O. The molecule has 0 aromatic heterocycles. The van der Waals surface area contributed by atoms with Gasteiger partial charge in [-0.25, -0.2) is 0 Å². The van der Waals surface area contributed by atoms with Crippen LogP contribution < -0.4 is 5.73 Å². The molecule has 4 heteroatoms. The first-order valence-electron chi connectivity index (χ1n) is 9.73. The van der Waals surface area contributed by atoms with E-state index in [2.05, 4.69) is 26.0 Å². The summed E-state index contributed by atoms with van der Waals surface area (Å²) in [5.74, 6) is -0.125. The van der Waals surface area contributed by atoms with Gasteiger partial charge in [-0.1, -0.05) is 74.0 Å². The molecule has 0 aliphatic carbocycles. The maximum atomic E-state index is 12.6. The lowest BCUT2D eigenvalue weighted by atomic mass is 9.77. The van der Waals surface area contributed by atoms with Crippen molar-refractivity contribution < 1.29 is 4.79 Å². The number of carbonyl (C=O) groups is 1. The van der Waals surface area contributed by atoms with Crippen molar-refractivity contribution in [2.24, 2.45) is 22.6 Å². The topological polar surface area (TPSA) is 55.4 Å². The average Bonchev–Trinajstić information content (AvgIpc) is 2.67. The third kappa shape index (κ3) is 4.26. The van der Waals surface area contributed by atoms with Crippen LogP contribution in [-0.4, -0.2) is 17.5 Å². The van der Waals surface area contributed by atoms with E-state index in [1.807, 2.05) is 49.4 Å². The number of dihydropyridines is 1. The third-order valence-electron chi connectivity index (χ3n) is 5.15. The third-order valence-corrected chi connectivity index (χ3v) is 5.38. The summed E-state index contributed by atoms with van der Waals surface area (Å²) in [6, 6.07) is 17.8. The van der Waals surface area contributed by atoms with Gasteiger partial charge in [0.25, 0.3) is 0 Å². The lowest BCUT2D eigenvalue weighted by Crippen LogP contribution is -2.30. The fraction of sp³-hybridized carbons (Fsp3) is 0.333. The molecule has 2 aromatic rings. The Morgan fingerprint density at radius 1 is 1.11 bits per heavy atom. The first-order chi connectivity index (χ1) is 13.4. The molecule has 0 amide bonds. The van der Waals surface area contributed by atoms with E-state index in [0.29, 0.717) is 12.5 Å². The Bertz CT molecular complexity index is 898. The molecule has 146 valence electrons. The molecule has 2 atom stereocenters. The van der Waals surface area contributed by atoms with E-state index in [4.69, 9.17) is 22.3 Å². The predicted molar refractivity (Wildman–Crippen MR) is 118 cm³/mol. The number of hydrogen-bond donors (Lipinski definition) is 1. The summed E-state index contributed by atoms with van der Waals surface area (Å²) in [7, 11) is 0. The second kappa shape index (κ2) is 8.85. The quantitative estimate of drug-likeness (QED) is 0.673. The molecule has 3 nitrogen and oxygen atoms in total. The molecule has 1 aliphatic heterocycles. The van der Waals surface area contributed by atoms with Gasteiger partial charge in [0, 0.05) is 12.3 Å². The van der Waals surface area contributed by atoms with Crippen molar-refractivity contribution in [3.05, 3.63) is 76.9 Å². The fourth-order valence-electron chi connectivity index (χ4n) is 3.85. The van der Waals surface area contributed by atoms with Gasteiger partial charge in [-0.3, -0.25) is 9.79 Å². The van der Waals surface area contributed by atoms with Crippen LogP contribution in [0.2, 0.25) is 0 Å². The van der Waals surface area contributed by atoms with Crippen LogP contribution in [0.4, 0.5) is 0 Å². The Labute approximate surface area is 172 Å². The van der Waals surface area contributed by atoms with Crippen LogP contribution in [-0.2, 0) is 4.79 Å². The van der Waals surface area contributed by atoms with Crippen molar-refractivity contribution in [2.75, 3.05) is 6.54 Å². The summed E-state index contributed by atoms with van der Waals surface area (Å²) >= 11 is 6.17. The predicted octanol–water partition coefficient (Wildman–Crippen LogP) is 5.33. The summed E-state index contributed by atoms with van der Waals surface area (Å²) in [6.45, 7) is 6.71. The SMILES string of the molecule is Cc1ccc(C2=C(CN)C(CC(C)C)=NC(c3ccccc3)C2C(=O)Cl)cc1. The van der Waals surface area contributed by atoms with Gasteiger partial charge in [0.1, 0.15) is 0 Å². The number of halogens is 1. The molecule has 1 aliphatic rings. The summed E-state index contributed by atoms with van der Waals surface area (Å²) < 4.78 is 0. The van der Waals surface area contributed by atoms with E-state index >= 15 is 0 Å². The summed E-state index contributed by atoms with van der Waals surface area (Å²) in [6.07, 6.45) is 0.814. The normalized spacial score (nSPS) is 19.7. The molecule has 0 saturated carbocycles. The largest absolute Gasteiger partial charge is 0.326 e. The molecule has 2 aromatic carbocycles. The van der Waals surface area contributed by atoms with Crippen LogP contribution in [0.5, 0.6) is 0 Å². The number of aliphatic imine (C=N–C) groups is 1. The van der Waals surface area contributed by atoms with Crippen molar-refractivity contribution in [1.82, 2.24) is 0 Å². The second-order valence-corrected chi connectivity index (χ2v) is 8.15. The maximum Gasteiger partial charge on any atom is 0.231 e. The number of hydrogen-bond acceptors (Lipinski definition) is 3. The molecular weight excluding hydrogens is 368 g/mol. The van der Waals surface area contributed by atoms with Crippen LogP contribution in [0.25, 0.3) is 5.57 Å². The smallest absolute Gasteiger partial charge is 0.231 e.